The second kappa shape index (κ2) is 5.07. The number of hydrogen-bond acceptors (Lipinski definition) is 4. The molecule has 0 saturated heterocycles. The van der Waals surface area contributed by atoms with Crippen molar-refractivity contribution < 1.29 is 14.8 Å². The molecule has 0 aromatic heterocycles. The van der Waals surface area contributed by atoms with Crippen molar-refractivity contribution >= 4 is 23.1 Å². The van der Waals surface area contributed by atoms with Gasteiger partial charge in [0.25, 0.3) is 5.69 Å². The minimum atomic E-state index is -1.26. The lowest BCUT2D eigenvalue weighted by molar-refractivity contribution is -0.384. The van der Waals surface area contributed by atoms with Gasteiger partial charge in [0, 0.05) is 11.6 Å². The van der Waals surface area contributed by atoms with Crippen LogP contribution in [0.3, 0.4) is 0 Å². The van der Waals surface area contributed by atoms with Gasteiger partial charge in [-0.2, -0.15) is 0 Å². The van der Waals surface area contributed by atoms with Crippen LogP contribution in [0.5, 0.6) is 0 Å². The monoisotopic (exact) mass is 255 g/mol. The molecule has 5 nitrogen and oxygen atoms in total. The van der Waals surface area contributed by atoms with Crippen molar-refractivity contribution in [1.29, 1.82) is 0 Å². The molecule has 6 heteroatoms. The highest BCUT2D eigenvalue weighted by Crippen LogP contribution is 2.30. The number of aliphatic hydroxyl groups is 1. The number of halogens is 1. The van der Waals surface area contributed by atoms with E-state index in [4.69, 9.17) is 11.6 Å². The first-order chi connectivity index (χ1) is 7.84. The van der Waals surface area contributed by atoms with E-state index in [0.717, 1.165) is 6.07 Å². The van der Waals surface area contributed by atoms with Gasteiger partial charge < -0.3 is 5.11 Å². The lowest BCUT2D eigenvalue weighted by atomic mass is 10.00. The molecule has 0 aliphatic rings. The van der Waals surface area contributed by atoms with E-state index in [1.807, 2.05) is 0 Å². The lowest BCUT2D eigenvalue weighted by Gasteiger charge is -2.11. The highest BCUT2D eigenvalue weighted by atomic mass is 35.5. The molecule has 1 atom stereocenters. The Morgan fingerprint density at radius 1 is 1.59 bits per heavy atom. The van der Waals surface area contributed by atoms with Crippen molar-refractivity contribution in [2.75, 3.05) is 0 Å². The molecular weight excluding hydrogens is 246 g/mol. The molecule has 1 aromatic rings. The predicted molar refractivity (Wildman–Crippen MR) is 62.9 cm³/mol. The third-order valence-corrected chi connectivity index (χ3v) is 2.58. The Morgan fingerprint density at radius 3 is 2.65 bits per heavy atom. The molecule has 0 unspecified atom stereocenters. The molecule has 1 N–H and O–H groups in total. The van der Waals surface area contributed by atoms with Crippen LogP contribution in [0.15, 0.2) is 30.4 Å². The van der Waals surface area contributed by atoms with E-state index in [1.165, 1.54) is 19.1 Å². The molecule has 0 spiro atoms. The van der Waals surface area contributed by atoms with Crippen LogP contribution in [-0.4, -0.2) is 15.8 Å². The Hall–Kier alpha value is -1.72. The average Bonchev–Trinajstić information content (AvgIpc) is 2.27. The number of rotatable bonds is 4. The molecule has 0 aliphatic heterocycles. The van der Waals surface area contributed by atoms with Gasteiger partial charge in [0.15, 0.2) is 5.78 Å². The fourth-order valence-corrected chi connectivity index (χ4v) is 1.42. The largest absolute Gasteiger partial charge is 0.384 e. The summed E-state index contributed by atoms with van der Waals surface area (Å²) in [5.41, 5.74) is -0.137. The summed E-state index contributed by atoms with van der Waals surface area (Å²) >= 11 is 5.63. The van der Waals surface area contributed by atoms with E-state index >= 15 is 0 Å². The summed E-state index contributed by atoms with van der Waals surface area (Å²) < 4.78 is 0. The van der Waals surface area contributed by atoms with Crippen LogP contribution >= 0.6 is 11.6 Å². The fraction of sp³-hybridized carbons (Fsp3) is 0.182. The number of hydrogen-bond donors (Lipinski definition) is 1. The second-order valence-electron chi connectivity index (χ2n) is 3.45. The Kier molecular flexibility index (Phi) is 3.98. The van der Waals surface area contributed by atoms with Gasteiger partial charge in [-0.3, -0.25) is 14.9 Å². The number of Topliss-reactive ketones (excluding diaryl/α,β-unsaturated/α-hetero) is 1. The molecule has 0 aliphatic carbocycles. The average molecular weight is 256 g/mol. The molecule has 0 bridgehead atoms. The summed E-state index contributed by atoms with van der Waals surface area (Å²) in [5.74, 6) is -0.380. The molecule has 0 amide bonds. The maximum atomic E-state index is 11.0. The van der Waals surface area contributed by atoms with Crippen molar-refractivity contribution in [3.8, 4) is 0 Å². The van der Waals surface area contributed by atoms with Crippen molar-refractivity contribution in [3.05, 3.63) is 51.1 Å². The molecule has 0 radical (unpaired) electrons. The number of carbonyl (C=O) groups is 1. The number of carbonyl (C=O) groups excluding carboxylic acids is 1. The van der Waals surface area contributed by atoms with E-state index in [1.54, 1.807) is 0 Å². The topological polar surface area (TPSA) is 80.4 Å². The highest BCUT2D eigenvalue weighted by molar-refractivity contribution is 6.32. The number of ketones is 1. The van der Waals surface area contributed by atoms with Gasteiger partial charge in [0.1, 0.15) is 11.1 Å². The molecule has 0 heterocycles. The molecule has 0 fully saturated rings. The highest BCUT2D eigenvalue weighted by Gasteiger charge is 2.20. The zero-order valence-electron chi connectivity index (χ0n) is 9.01. The van der Waals surface area contributed by atoms with Crippen LogP contribution in [0.2, 0.25) is 5.02 Å². The van der Waals surface area contributed by atoms with Crippen LogP contribution < -0.4 is 0 Å². The molecular formula is C11H10ClNO4. The quantitative estimate of drug-likeness (QED) is 0.509. The van der Waals surface area contributed by atoms with Gasteiger partial charge in [-0.25, -0.2) is 0 Å². The number of nitro benzene ring substituents is 1. The van der Waals surface area contributed by atoms with Gasteiger partial charge >= 0.3 is 0 Å². The number of nitrogens with zero attached hydrogens (tertiary/aromatic N) is 1. The summed E-state index contributed by atoms with van der Waals surface area (Å²) in [6, 6.07) is 3.83. The third kappa shape index (κ3) is 2.89. The van der Waals surface area contributed by atoms with Crippen LogP contribution in [0.4, 0.5) is 5.69 Å². The molecule has 1 rings (SSSR count). The summed E-state index contributed by atoms with van der Waals surface area (Å²) in [4.78, 5) is 21.0. The zero-order valence-corrected chi connectivity index (χ0v) is 9.77. The summed E-state index contributed by atoms with van der Waals surface area (Å²) in [6.45, 7) is 4.68. The van der Waals surface area contributed by atoms with Gasteiger partial charge in [0.05, 0.1) is 4.92 Å². The standard InChI is InChI=1S/C11H10ClNO4/c1-6(7(2)14)11(15)8-3-4-9(12)10(5-8)13(16)17/h3-5,11,15H,1H2,2H3/t11-/m0/s1. The van der Waals surface area contributed by atoms with Crippen molar-refractivity contribution in [2.24, 2.45) is 0 Å². The number of nitro groups is 1. The third-order valence-electron chi connectivity index (χ3n) is 2.26. The SMILES string of the molecule is C=C(C(C)=O)[C@H](O)c1ccc(Cl)c([N+](=O)[O-])c1. The molecule has 1 aromatic carbocycles. The van der Waals surface area contributed by atoms with E-state index in [2.05, 4.69) is 6.58 Å². The van der Waals surface area contributed by atoms with Gasteiger partial charge in [-0.05, 0) is 18.6 Å². The van der Waals surface area contributed by atoms with E-state index in [0.29, 0.717) is 0 Å². The summed E-state index contributed by atoms with van der Waals surface area (Å²) in [6.07, 6.45) is -1.26. The van der Waals surface area contributed by atoms with Gasteiger partial charge in [-0.1, -0.05) is 24.2 Å². The van der Waals surface area contributed by atoms with Crippen molar-refractivity contribution in [2.45, 2.75) is 13.0 Å². The minimum Gasteiger partial charge on any atom is -0.384 e. The van der Waals surface area contributed by atoms with Crippen LogP contribution in [0.1, 0.15) is 18.6 Å². The van der Waals surface area contributed by atoms with Gasteiger partial charge in [0.2, 0.25) is 0 Å². The van der Waals surface area contributed by atoms with Crippen LogP contribution in [0, 0.1) is 10.1 Å². The summed E-state index contributed by atoms with van der Waals surface area (Å²) in [7, 11) is 0. The van der Waals surface area contributed by atoms with E-state index in [-0.39, 0.29) is 27.6 Å². The second-order valence-corrected chi connectivity index (χ2v) is 3.86. The smallest absolute Gasteiger partial charge is 0.288 e. The lowest BCUT2D eigenvalue weighted by Crippen LogP contribution is -2.07. The first kappa shape index (κ1) is 13.3. The fourth-order valence-electron chi connectivity index (χ4n) is 1.23. The Labute approximate surface area is 102 Å². The maximum Gasteiger partial charge on any atom is 0.288 e. The molecule has 17 heavy (non-hydrogen) atoms. The Bertz CT molecular complexity index is 498. The van der Waals surface area contributed by atoms with Gasteiger partial charge in [-0.15, -0.1) is 0 Å². The number of aliphatic hydroxyl groups excluding tert-OH is 1. The summed E-state index contributed by atoms with van der Waals surface area (Å²) in [5, 5.41) is 20.4. The normalized spacial score (nSPS) is 11.9. The van der Waals surface area contributed by atoms with E-state index < -0.39 is 11.0 Å². The Morgan fingerprint density at radius 2 is 2.18 bits per heavy atom. The number of benzene rings is 1. The maximum absolute atomic E-state index is 11.0. The molecule has 0 saturated carbocycles. The van der Waals surface area contributed by atoms with Crippen molar-refractivity contribution in [3.63, 3.8) is 0 Å². The predicted octanol–water partition coefficient (Wildman–Crippen LogP) is 2.43. The van der Waals surface area contributed by atoms with Crippen molar-refractivity contribution in [1.82, 2.24) is 0 Å². The van der Waals surface area contributed by atoms with Crippen LogP contribution in [0.25, 0.3) is 0 Å². The minimum absolute atomic E-state index is 0.0263. The zero-order chi connectivity index (χ0) is 13.2. The first-order valence-corrected chi connectivity index (χ1v) is 5.04. The van der Waals surface area contributed by atoms with Crippen LogP contribution in [-0.2, 0) is 4.79 Å². The first-order valence-electron chi connectivity index (χ1n) is 4.66. The Balaban J connectivity index is 3.16. The molecule has 90 valence electrons. The van der Waals surface area contributed by atoms with E-state index in [9.17, 15) is 20.0 Å².